The first-order chi connectivity index (χ1) is 9.10. The smallest absolute Gasteiger partial charge is 0.127 e. The fourth-order valence-electron chi connectivity index (χ4n) is 1.99. The van der Waals surface area contributed by atoms with Crippen LogP contribution in [-0.4, -0.2) is 7.05 Å². The Morgan fingerprint density at radius 2 is 1.68 bits per heavy atom. The Balaban J connectivity index is 2.21. The summed E-state index contributed by atoms with van der Waals surface area (Å²) in [7, 11) is 1.85. The predicted octanol–water partition coefficient (Wildman–Crippen LogP) is 4.64. The van der Waals surface area contributed by atoms with Crippen molar-refractivity contribution in [2.75, 3.05) is 7.05 Å². The average Bonchev–Trinajstić information content (AvgIpc) is 2.39. The summed E-state index contributed by atoms with van der Waals surface area (Å²) >= 11 is 11.6. The van der Waals surface area contributed by atoms with E-state index in [9.17, 15) is 4.39 Å². The van der Waals surface area contributed by atoms with Crippen LogP contribution in [0.1, 0.15) is 17.2 Å². The topological polar surface area (TPSA) is 12.0 Å². The monoisotopic (exact) mass is 297 g/mol. The van der Waals surface area contributed by atoms with E-state index in [2.05, 4.69) is 5.32 Å². The van der Waals surface area contributed by atoms with Crippen molar-refractivity contribution in [2.45, 2.75) is 12.5 Å². The lowest BCUT2D eigenvalue weighted by atomic mass is 9.99. The van der Waals surface area contributed by atoms with Crippen molar-refractivity contribution in [3.63, 3.8) is 0 Å². The second kappa shape index (κ2) is 6.38. The Labute approximate surface area is 122 Å². The SMILES string of the molecule is CNC(Cc1ccc(Cl)cc1F)c1ccc(Cl)cc1. The van der Waals surface area contributed by atoms with Crippen molar-refractivity contribution in [1.29, 1.82) is 0 Å². The number of halogens is 3. The summed E-state index contributed by atoms with van der Waals surface area (Å²) in [5, 5.41) is 4.29. The summed E-state index contributed by atoms with van der Waals surface area (Å²) in [4.78, 5) is 0. The van der Waals surface area contributed by atoms with Gasteiger partial charge in [0.05, 0.1) is 0 Å². The van der Waals surface area contributed by atoms with Gasteiger partial charge in [0.1, 0.15) is 5.82 Å². The van der Waals surface area contributed by atoms with Crippen LogP contribution in [0, 0.1) is 5.82 Å². The molecule has 2 aromatic rings. The van der Waals surface area contributed by atoms with Crippen molar-refractivity contribution in [2.24, 2.45) is 0 Å². The van der Waals surface area contributed by atoms with E-state index in [1.165, 1.54) is 6.07 Å². The molecule has 2 aromatic carbocycles. The van der Waals surface area contributed by atoms with Crippen LogP contribution in [0.5, 0.6) is 0 Å². The molecule has 4 heteroatoms. The third-order valence-electron chi connectivity index (χ3n) is 3.06. The van der Waals surface area contributed by atoms with Gasteiger partial charge < -0.3 is 5.32 Å². The highest BCUT2D eigenvalue weighted by molar-refractivity contribution is 6.30. The van der Waals surface area contributed by atoms with Gasteiger partial charge in [-0.1, -0.05) is 41.4 Å². The Morgan fingerprint density at radius 3 is 2.26 bits per heavy atom. The molecule has 100 valence electrons. The van der Waals surface area contributed by atoms with Crippen LogP contribution in [-0.2, 0) is 6.42 Å². The minimum absolute atomic E-state index is 0.0351. The molecule has 1 unspecified atom stereocenters. The molecule has 0 spiro atoms. The van der Waals surface area contributed by atoms with E-state index in [-0.39, 0.29) is 11.9 Å². The Hall–Kier alpha value is -1.09. The molecular formula is C15H14Cl2FN. The fraction of sp³-hybridized carbons (Fsp3) is 0.200. The lowest BCUT2D eigenvalue weighted by molar-refractivity contribution is 0.554. The minimum atomic E-state index is -0.276. The predicted molar refractivity (Wildman–Crippen MR) is 78.4 cm³/mol. The molecule has 0 aromatic heterocycles. The standard InChI is InChI=1S/C15H14Cl2FN/c1-19-15(10-2-5-12(16)6-3-10)8-11-4-7-13(17)9-14(11)18/h2-7,9,15,19H,8H2,1H3. The van der Waals surface area contributed by atoms with Gasteiger partial charge in [-0.3, -0.25) is 0 Å². The zero-order valence-corrected chi connectivity index (χ0v) is 12.0. The third-order valence-corrected chi connectivity index (χ3v) is 3.55. The number of hydrogen-bond donors (Lipinski definition) is 1. The summed E-state index contributed by atoms with van der Waals surface area (Å²) in [5.74, 6) is -0.276. The summed E-state index contributed by atoms with van der Waals surface area (Å²) in [5.41, 5.74) is 1.71. The van der Waals surface area contributed by atoms with Gasteiger partial charge in [-0.2, -0.15) is 0 Å². The average molecular weight is 298 g/mol. The number of rotatable bonds is 4. The number of likely N-dealkylation sites (N-methyl/N-ethyl adjacent to an activating group) is 1. The number of hydrogen-bond acceptors (Lipinski definition) is 1. The Kier molecular flexibility index (Phi) is 4.81. The maximum Gasteiger partial charge on any atom is 0.127 e. The van der Waals surface area contributed by atoms with Crippen molar-refractivity contribution < 1.29 is 4.39 Å². The zero-order valence-electron chi connectivity index (χ0n) is 10.5. The Bertz CT molecular complexity index is 555. The van der Waals surface area contributed by atoms with E-state index in [0.29, 0.717) is 22.0 Å². The van der Waals surface area contributed by atoms with Crippen LogP contribution in [0.15, 0.2) is 42.5 Å². The van der Waals surface area contributed by atoms with Crippen LogP contribution < -0.4 is 5.32 Å². The fourth-order valence-corrected chi connectivity index (χ4v) is 2.27. The molecule has 0 saturated carbocycles. The van der Waals surface area contributed by atoms with Gasteiger partial charge in [0, 0.05) is 16.1 Å². The van der Waals surface area contributed by atoms with Crippen LogP contribution in [0.25, 0.3) is 0 Å². The first-order valence-electron chi connectivity index (χ1n) is 5.97. The molecule has 0 radical (unpaired) electrons. The van der Waals surface area contributed by atoms with Gasteiger partial charge in [0.25, 0.3) is 0 Å². The van der Waals surface area contributed by atoms with E-state index in [4.69, 9.17) is 23.2 Å². The Morgan fingerprint density at radius 1 is 1.05 bits per heavy atom. The van der Waals surface area contributed by atoms with Crippen LogP contribution in [0.3, 0.4) is 0 Å². The molecule has 19 heavy (non-hydrogen) atoms. The summed E-state index contributed by atoms with van der Waals surface area (Å²) in [6.07, 6.45) is 0.557. The second-order valence-electron chi connectivity index (χ2n) is 4.33. The largest absolute Gasteiger partial charge is 0.313 e. The summed E-state index contributed by atoms with van der Waals surface area (Å²) < 4.78 is 13.8. The molecule has 0 aliphatic carbocycles. The van der Waals surface area contributed by atoms with Gasteiger partial charge in [-0.05, 0) is 48.9 Å². The lowest BCUT2D eigenvalue weighted by Crippen LogP contribution is -2.19. The molecule has 1 atom stereocenters. The summed E-state index contributed by atoms with van der Waals surface area (Å²) in [6, 6.07) is 12.3. The van der Waals surface area contributed by atoms with Crippen molar-refractivity contribution in [1.82, 2.24) is 5.32 Å². The molecule has 0 aliphatic heterocycles. The van der Waals surface area contributed by atoms with Crippen molar-refractivity contribution >= 4 is 23.2 Å². The molecule has 2 rings (SSSR count). The normalized spacial score (nSPS) is 12.4. The van der Waals surface area contributed by atoms with Crippen LogP contribution in [0.4, 0.5) is 4.39 Å². The highest BCUT2D eigenvalue weighted by Gasteiger charge is 2.13. The summed E-state index contributed by atoms with van der Waals surface area (Å²) in [6.45, 7) is 0. The van der Waals surface area contributed by atoms with Crippen molar-refractivity contribution in [3.05, 3.63) is 69.5 Å². The van der Waals surface area contributed by atoms with Crippen LogP contribution >= 0.6 is 23.2 Å². The van der Waals surface area contributed by atoms with E-state index in [1.54, 1.807) is 12.1 Å². The number of benzene rings is 2. The van der Waals surface area contributed by atoms with Gasteiger partial charge in [-0.25, -0.2) is 4.39 Å². The van der Waals surface area contributed by atoms with E-state index in [1.807, 2.05) is 31.3 Å². The molecule has 0 amide bonds. The zero-order chi connectivity index (χ0) is 13.8. The van der Waals surface area contributed by atoms with Gasteiger partial charge in [0.15, 0.2) is 0 Å². The van der Waals surface area contributed by atoms with Crippen LogP contribution in [0.2, 0.25) is 10.0 Å². The molecule has 0 saturated heterocycles. The van der Waals surface area contributed by atoms with E-state index < -0.39 is 0 Å². The maximum atomic E-state index is 13.8. The van der Waals surface area contributed by atoms with E-state index in [0.717, 1.165) is 5.56 Å². The molecule has 1 N–H and O–H groups in total. The molecule has 1 nitrogen and oxygen atoms in total. The molecule has 0 heterocycles. The van der Waals surface area contributed by atoms with E-state index >= 15 is 0 Å². The first kappa shape index (κ1) is 14.3. The quantitative estimate of drug-likeness (QED) is 0.867. The third kappa shape index (κ3) is 3.69. The van der Waals surface area contributed by atoms with Gasteiger partial charge in [0.2, 0.25) is 0 Å². The first-order valence-corrected chi connectivity index (χ1v) is 6.72. The van der Waals surface area contributed by atoms with Gasteiger partial charge >= 0.3 is 0 Å². The highest BCUT2D eigenvalue weighted by Crippen LogP contribution is 2.23. The highest BCUT2D eigenvalue weighted by atomic mass is 35.5. The van der Waals surface area contributed by atoms with Crippen molar-refractivity contribution in [3.8, 4) is 0 Å². The minimum Gasteiger partial charge on any atom is -0.313 e. The maximum absolute atomic E-state index is 13.8. The molecule has 0 aliphatic rings. The second-order valence-corrected chi connectivity index (χ2v) is 5.21. The molecule has 0 fully saturated rings. The lowest BCUT2D eigenvalue weighted by Gasteiger charge is -2.17. The molecule has 0 bridgehead atoms. The number of nitrogens with one attached hydrogen (secondary N) is 1. The van der Waals surface area contributed by atoms with Gasteiger partial charge in [-0.15, -0.1) is 0 Å². The molecular weight excluding hydrogens is 284 g/mol.